The van der Waals surface area contributed by atoms with Crippen LogP contribution in [0.4, 0.5) is 11.4 Å². The Morgan fingerprint density at radius 1 is 1.00 bits per heavy atom. The van der Waals surface area contributed by atoms with Crippen LogP contribution >= 0.6 is 0 Å². The van der Waals surface area contributed by atoms with Gasteiger partial charge in [-0.05, 0) is 48.2 Å². The number of amides is 3. The summed E-state index contributed by atoms with van der Waals surface area (Å²) in [6.45, 7) is 5.91. The molecule has 3 amide bonds. The lowest BCUT2D eigenvalue weighted by Gasteiger charge is -2.22. The van der Waals surface area contributed by atoms with Crippen LogP contribution in [0.3, 0.4) is 0 Å². The van der Waals surface area contributed by atoms with Crippen molar-refractivity contribution in [1.82, 2.24) is 5.32 Å². The number of anilines is 2. The van der Waals surface area contributed by atoms with Crippen molar-refractivity contribution < 1.29 is 23.9 Å². The molecule has 0 saturated carbocycles. The first kappa shape index (κ1) is 23.1. The van der Waals surface area contributed by atoms with Crippen LogP contribution in [0.15, 0.2) is 36.4 Å². The number of hydrogen-bond donors (Lipinski definition) is 2. The first-order valence-corrected chi connectivity index (χ1v) is 10.5. The molecule has 0 aromatic heterocycles. The Morgan fingerprint density at radius 3 is 2.22 bits per heavy atom. The zero-order valence-corrected chi connectivity index (χ0v) is 19.0. The Morgan fingerprint density at radius 2 is 1.66 bits per heavy atom. The minimum Gasteiger partial charge on any atom is -0.497 e. The van der Waals surface area contributed by atoms with E-state index >= 15 is 0 Å². The zero-order valence-electron chi connectivity index (χ0n) is 19.0. The third-order valence-corrected chi connectivity index (χ3v) is 5.47. The third kappa shape index (κ3) is 5.01. The minimum atomic E-state index is -0.748. The second-order valence-electron chi connectivity index (χ2n) is 8.05. The summed E-state index contributed by atoms with van der Waals surface area (Å²) in [6, 6.07) is 9.59. The monoisotopic (exact) mass is 439 g/mol. The highest BCUT2D eigenvalue weighted by atomic mass is 16.5. The van der Waals surface area contributed by atoms with E-state index in [2.05, 4.69) is 10.6 Å². The number of carbonyl (C=O) groups excluding carboxylic acids is 3. The largest absolute Gasteiger partial charge is 0.497 e. The van der Waals surface area contributed by atoms with Crippen molar-refractivity contribution in [3.05, 3.63) is 47.5 Å². The van der Waals surface area contributed by atoms with Gasteiger partial charge in [0.1, 0.15) is 17.5 Å². The number of benzene rings is 2. The standard InChI is InChI=1S/C24H29N3O5/c1-14(2)22(26-23(29)17-11-19(31-4)13-20(12-17)32-5)24(30)25-18-6-7-21-16(10-18)8-9-27(21)15(3)28/h6-7,10-14,22H,8-9H2,1-5H3,(H,25,30)(H,26,29)/t22-/m1/s1. The van der Waals surface area contributed by atoms with E-state index in [0.29, 0.717) is 29.3 Å². The number of nitrogens with zero attached hydrogens (tertiary/aromatic N) is 1. The molecule has 3 rings (SSSR count). The second-order valence-corrected chi connectivity index (χ2v) is 8.05. The van der Waals surface area contributed by atoms with Crippen LogP contribution in [-0.4, -0.2) is 44.5 Å². The van der Waals surface area contributed by atoms with Crippen LogP contribution in [0, 0.1) is 5.92 Å². The van der Waals surface area contributed by atoms with Gasteiger partial charge in [-0.25, -0.2) is 0 Å². The number of nitrogens with one attached hydrogen (secondary N) is 2. The molecule has 2 aromatic carbocycles. The van der Waals surface area contributed by atoms with Crippen molar-refractivity contribution in [1.29, 1.82) is 0 Å². The molecule has 2 aromatic rings. The van der Waals surface area contributed by atoms with Gasteiger partial charge in [0, 0.05) is 36.5 Å². The number of methoxy groups -OCH3 is 2. The molecule has 0 unspecified atom stereocenters. The van der Waals surface area contributed by atoms with Crippen molar-refractivity contribution in [3.63, 3.8) is 0 Å². The topological polar surface area (TPSA) is 97.0 Å². The molecule has 8 nitrogen and oxygen atoms in total. The van der Waals surface area contributed by atoms with E-state index in [4.69, 9.17) is 9.47 Å². The van der Waals surface area contributed by atoms with Crippen molar-refractivity contribution >= 4 is 29.1 Å². The maximum atomic E-state index is 13.0. The number of hydrogen-bond acceptors (Lipinski definition) is 5. The number of carbonyl (C=O) groups is 3. The lowest BCUT2D eigenvalue weighted by molar-refractivity contribution is -0.119. The molecule has 0 spiro atoms. The van der Waals surface area contributed by atoms with E-state index in [1.54, 1.807) is 36.1 Å². The lowest BCUT2D eigenvalue weighted by Crippen LogP contribution is -2.47. The Hall–Kier alpha value is -3.55. The summed E-state index contributed by atoms with van der Waals surface area (Å²) >= 11 is 0. The predicted octanol–water partition coefficient (Wildman–Crippen LogP) is 3.01. The van der Waals surface area contributed by atoms with Crippen molar-refractivity contribution in [2.24, 2.45) is 5.92 Å². The van der Waals surface area contributed by atoms with Gasteiger partial charge in [0.2, 0.25) is 11.8 Å². The molecule has 0 aliphatic carbocycles. The quantitative estimate of drug-likeness (QED) is 0.691. The maximum Gasteiger partial charge on any atom is 0.252 e. The molecule has 0 saturated heterocycles. The van der Waals surface area contributed by atoms with E-state index in [1.807, 2.05) is 26.0 Å². The van der Waals surface area contributed by atoms with Crippen LogP contribution in [0.2, 0.25) is 0 Å². The highest BCUT2D eigenvalue weighted by Crippen LogP contribution is 2.30. The van der Waals surface area contributed by atoms with Crippen molar-refractivity contribution in [3.8, 4) is 11.5 Å². The van der Waals surface area contributed by atoms with Crippen molar-refractivity contribution in [2.45, 2.75) is 33.2 Å². The smallest absolute Gasteiger partial charge is 0.252 e. The van der Waals surface area contributed by atoms with Crippen LogP contribution < -0.4 is 25.0 Å². The summed E-state index contributed by atoms with van der Waals surface area (Å²) in [5.74, 6) is 0.105. The fourth-order valence-electron chi connectivity index (χ4n) is 3.72. The molecule has 1 aliphatic heterocycles. The van der Waals surface area contributed by atoms with Gasteiger partial charge in [-0.3, -0.25) is 14.4 Å². The molecule has 0 radical (unpaired) electrons. The highest BCUT2D eigenvalue weighted by Gasteiger charge is 2.27. The number of ether oxygens (including phenoxy) is 2. The molecule has 1 aliphatic rings. The first-order valence-electron chi connectivity index (χ1n) is 10.5. The fourth-order valence-corrected chi connectivity index (χ4v) is 3.72. The van der Waals surface area contributed by atoms with Gasteiger partial charge >= 0.3 is 0 Å². The second kappa shape index (κ2) is 9.72. The molecule has 8 heteroatoms. The van der Waals surface area contributed by atoms with Crippen LogP contribution in [-0.2, 0) is 16.0 Å². The zero-order chi connectivity index (χ0) is 23.4. The maximum absolute atomic E-state index is 13.0. The van der Waals surface area contributed by atoms with Gasteiger partial charge in [0.25, 0.3) is 5.91 Å². The van der Waals surface area contributed by atoms with Gasteiger partial charge in [0.05, 0.1) is 14.2 Å². The van der Waals surface area contributed by atoms with E-state index < -0.39 is 11.9 Å². The molecular weight excluding hydrogens is 410 g/mol. The molecule has 0 bridgehead atoms. The van der Waals surface area contributed by atoms with Gasteiger partial charge < -0.3 is 25.0 Å². The summed E-state index contributed by atoms with van der Waals surface area (Å²) in [5.41, 5.74) is 2.84. The van der Waals surface area contributed by atoms with Gasteiger partial charge in [-0.1, -0.05) is 13.8 Å². The summed E-state index contributed by atoms with van der Waals surface area (Å²) in [7, 11) is 3.01. The SMILES string of the molecule is COc1cc(OC)cc(C(=O)N[C@@H](C(=O)Nc2ccc3c(c2)CCN3C(C)=O)C(C)C)c1. The Bertz CT molecular complexity index is 1010. The highest BCUT2D eigenvalue weighted by molar-refractivity contribution is 6.02. The Kier molecular flexibility index (Phi) is 7.02. The average molecular weight is 440 g/mol. The Balaban J connectivity index is 1.74. The number of fused-ring (bicyclic) bond motifs is 1. The van der Waals surface area contributed by atoms with E-state index in [-0.39, 0.29) is 17.7 Å². The molecule has 1 atom stereocenters. The van der Waals surface area contributed by atoms with Gasteiger partial charge in [0.15, 0.2) is 0 Å². The van der Waals surface area contributed by atoms with Crippen molar-refractivity contribution in [2.75, 3.05) is 31.0 Å². The van der Waals surface area contributed by atoms with E-state index in [1.165, 1.54) is 14.2 Å². The molecule has 32 heavy (non-hydrogen) atoms. The Labute approximate surface area is 187 Å². The average Bonchev–Trinajstić information content (AvgIpc) is 3.20. The van der Waals surface area contributed by atoms with Crippen LogP contribution in [0.5, 0.6) is 11.5 Å². The molecule has 1 heterocycles. The normalized spacial score (nSPS) is 13.4. The van der Waals surface area contributed by atoms with Crippen LogP contribution in [0.1, 0.15) is 36.7 Å². The molecular formula is C24H29N3O5. The molecule has 0 fully saturated rings. The summed E-state index contributed by atoms with van der Waals surface area (Å²) in [6.07, 6.45) is 0.737. The van der Waals surface area contributed by atoms with E-state index in [9.17, 15) is 14.4 Å². The first-order chi connectivity index (χ1) is 15.2. The summed E-state index contributed by atoms with van der Waals surface area (Å²) in [5, 5.41) is 5.71. The van der Waals surface area contributed by atoms with Gasteiger partial charge in [-0.15, -0.1) is 0 Å². The summed E-state index contributed by atoms with van der Waals surface area (Å²) in [4.78, 5) is 39.3. The third-order valence-electron chi connectivity index (χ3n) is 5.47. The predicted molar refractivity (Wildman–Crippen MR) is 122 cm³/mol. The van der Waals surface area contributed by atoms with Gasteiger partial charge in [-0.2, -0.15) is 0 Å². The molecule has 2 N–H and O–H groups in total. The summed E-state index contributed by atoms with van der Waals surface area (Å²) < 4.78 is 10.4. The van der Waals surface area contributed by atoms with Crippen LogP contribution in [0.25, 0.3) is 0 Å². The van der Waals surface area contributed by atoms with E-state index in [0.717, 1.165) is 17.7 Å². The minimum absolute atomic E-state index is 0.00251. The number of rotatable bonds is 7. The lowest BCUT2D eigenvalue weighted by atomic mass is 10.0. The molecule has 170 valence electrons. The fraction of sp³-hybridized carbons (Fsp3) is 0.375.